The van der Waals surface area contributed by atoms with Crippen LogP contribution in [0.2, 0.25) is 0 Å². The smallest absolute Gasteiger partial charge is 0.360 e. The minimum atomic E-state index is -0.947. The number of aromatic hydroxyl groups is 1. The molecule has 0 saturated heterocycles. The molecule has 1 aromatic carbocycles. The summed E-state index contributed by atoms with van der Waals surface area (Å²) in [5, 5.41) is 9.68. The Labute approximate surface area is 149 Å². The lowest BCUT2D eigenvalue weighted by molar-refractivity contribution is -0.146. The number of nitrogens with one attached hydrogen (secondary N) is 1. The molecule has 0 aliphatic heterocycles. The topological polar surface area (TPSA) is 119 Å². The van der Waals surface area contributed by atoms with Crippen LogP contribution in [0.5, 0.6) is 5.75 Å². The number of H-pyrrole nitrogens is 1. The maximum Gasteiger partial charge on any atom is 0.360 e. The molecule has 138 valence electrons. The summed E-state index contributed by atoms with van der Waals surface area (Å²) in [6.07, 6.45) is -0.0891. The van der Waals surface area contributed by atoms with E-state index >= 15 is 0 Å². The number of benzene rings is 1. The molecule has 0 aliphatic carbocycles. The van der Waals surface area contributed by atoms with Crippen molar-refractivity contribution in [2.24, 2.45) is 0 Å². The maximum absolute atomic E-state index is 12.1. The first-order valence-corrected chi connectivity index (χ1v) is 7.86. The van der Waals surface area contributed by atoms with Crippen molar-refractivity contribution in [3.8, 4) is 5.75 Å². The highest BCUT2D eigenvalue weighted by atomic mass is 16.5. The van der Waals surface area contributed by atoms with Crippen molar-refractivity contribution < 1.29 is 24.2 Å². The molecule has 0 aliphatic rings. The van der Waals surface area contributed by atoms with Crippen molar-refractivity contribution in [3.05, 3.63) is 57.8 Å². The van der Waals surface area contributed by atoms with Gasteiger partial charge in [-0.25, -0.2) is 9.78 Å². The van der Waals surface area contributed by atoms with Gasteiger partial charge in [0.1, 0.15) is 12.4 Å². The molecular weight excluding hydrogens is 340 g/mol. The van der Waals surface area contributed by atoms with E-state index in [0.717, 1.165) is 12.7 Å². The Morgan fingerprint density at radius 3 is 2.50 bits per heavy atom. The first kappa shape index (κ1) is 19.2. The number of ether oxygens (including phenoxy) is 2. The van der Waals surface area contributed by atoms with Gasteiger partial charge in [0.05, 0.1) is 13.5 Å². The van der Waals surface area contributed by atoms with Crippen LogP contribution in [0.15, 0.2) is 35.1 Å². The summed E-state index contributed by atoms with van der Waals surface area (Å²) in [6, 6.07) is 9.21. The van der Waals surface area contributed by atoms with Crippen molar-refractivity contribution in [1.29, 1.82) is 0 Å². The molecular formula is C18H20N2O6. The number of nitrogens with zero attached hydrogens (tertiary/aromatic N) is 1. The molecule has 1 heterocycles. The zero-order valence-electron chi connectivity index (χ0n) is 14.7. The third kappa shape index (κ3) is 4.47. The van der Waals surface area contributed by atoms with E-state index in [1.165, 1.54) is 0 Å². The Hall–Kier alpha value is -3.16. The maximum atomic E-state index is 12.1. The fraction of sp³-hybridized carbons (Fsp3) is 0.333. The Balaban J connectivity index is 2.16. The number of methoxy groups -OCH3 is 1. The quantitative estimate of drug-likeness (QED) is 0.752. The lowest BCUT2D eigenvalue weighted by Crippen LogP contribution is -2.30. The van der Waals surface area contributed by atoms with E-state index < -0.39 is 34.4 Å². The van der Waals surface area contributed by atoms with Crippen molar-refractivity contribution >= 4 is 11.9 Å². The number of aromatic amines is 1. The van der Waals surface area contributed by atoms with Crippen LogP contribution in [0.4, 0.5) is 0 Å². The van der Waals surface area contributed by atoms with Gasteiger partial charge in [0.15, 0.2) is 5.69 Å². The van der Waals surface area contributed by atoms with E-state index in [1.807, 2.05) is 30.3 Å². The monoisotopic (exact) mass is 360 g/mol. The molecule has 8 nitrogen and oxygen atoms in total. The molecule has 0 unspecified atom stereocenters. The van der Waals surface area contributed by atoms with Crippen LogP contribution in [0.3, 0.4) is 0 Å². The number of rotatable bonds is 6. The molecule has 26 heavy (non-hydrogen) atoms. The standard InChI is InChI=1S/C18H20N2O6/c1-18(2,9-12(21)26-10-11-7-5-4-6-8-11)17-19-13(16(24)25-3)14(22)15(23)20-17/h4-8,22H,9-10H2,1-3H3,(H,19,20,23). The Bertz CT molecular complexity index is 858. The SMILES string of the molecule is COC(=O)c1nc(C(C)(C)CC(=O)OCc2ccccc2)[nH]c(=O)c1O. The summed E-state index contributed by atoms with van der Waals surface area (Å²) in [5.74, 6) is -2.20. The zero-order chi connectivity index (χ0) is 19.3. The van der Waals surface area contributed by atoms with E-state index in [-0.39, 0.29) is 18.9 Å². The van der Waals surface area contributed by atoms with Crippen LogP contribution in [0.1, 0.15) is 42.1 Å². The predicted octanol–water partition coefficient (Wildman–Crippen LogP) is 1.67. The van der Waals surface area contributed by atoms with E-state index in [4.69, 9.17) is 4.74 Å². The van der Waals surface area contributed by atoms with Crippen LogP contribution in [-0.2, 0) is 26.3 Å². The molecule has 0 bridgehead atoms. The summed E-state index contributed by atoms with van der Waals surface area (Å²) in [6.45, 7) is 3.45. The summed E-state index contributed by atoms with van der Waals surface area (Å²) in [7, 11) is 1.11. The molecule has 0 fully saturated rings. The number of aromatic nitrogens is 2. The van der Waals surface area contributed by atoms with Gasteiger partial charge in [-0.3, -0.25) is 9.59 Å². The van der Waals surface area contributed by atoms with Gasteiger partial charge in [0.25, 0.3) is 5.56 Å². The normalized spacial score (nSPS) is 11.0. The predicted molar refractivity (Wildman–Crippen MR) is 91.7 cm³/mol. The van der Waals surface area contributed by atoms with Gasteiger partial charge in [-0.1, -0.05) is 44.2 Å². The van der Waals surface area contributed by atoms with Gasteiger partial charge in [-0.2, -0.15) is 0 Å². The van der Waals surface area contributed by atoms with Gasteiger partial charge in [0.2, 0.25) is 5.75 Å². The lowest BCUT2D eigenvalue weighted by Gasteiger charge is -2.22. The van der Waals surface area contributed by atoms with Gasteiger partial charge in [0, 0.05) is 5.41 Å². The molecule has 2 rings (SSSR count). The second-order valence-electron chi connectivity index (χ2n) is 6.31. The fourth-order valence-corrected chi connectivity index (χ4v) is 2.26. The van der Waals surface area contributed by atoms with Crippen LogP contribution in [0.25, 0.3) is 0 Å². The average molecular weight is 360 g/mol. The molecule has 0 spiro atoms. The van der Waals surface area contributed by atoms with Crippen molar-refractivity contribution in [2.75, 3.05) is 7.11 Å². The second-order valence-corrected chi connectivity index (χ2v) is 6.31. The van der Waals surface area contributed by atoms with E-state index in [1.54, 1.807) is 13.8 Å². The molecule has 2 N–H and O–H groups in total. The largest absolute Gasteiger partial charge is 0.501 e. The number of carbonyl (C=O) groups is 2. The van der Waals surface area contributed by atoms with E-state index in [2.05, 4.69) is 14.7 Å². The third-order valence-corrected chi connectivity index (χ3v) is 3.74. The summed E-state index contributed by atoms with van der Waals surface area (Å²) >= 11 is 0. The highest BCUT2D eigenvalue weighted by Gasteiger charge is 2.30. The number of carbonyl (C=O) groups excluding carboxylic acids is 2. The minimum absolute atomic E-state index is 0.0670. The number of hydrogen-bond acceptors (Lipinski definition) is 7. The Morgan fingerprint density at radius 1 is 1.23 bits per heavy atom. The van der Waals surface area contributed by atoms with Crippen molar-refractivity contribution in [3.63, 3.8) is 0 Å². The summed E-state index contributed by atoms with van der Waals surface area (Å²) < 4.78 is 9.74. The number of hydrogen-bond donors (Lipinski definition) is 2. The second kappa shape index (κ2) is 7.81. The third-order valence-electron chi connectivity index (χ3n) is 3.74. The summed E-state index contributed by atoms with van der Waals surface area (Å²) in [5.41, 5.74) is -1.48. The van der Waals surface area contributed by atoms with Gasteiger partial charge >= 0.3 is 11.9 Å². The van der Waals surface area contributed by atoms with Gasteiger partial charge < -0.3 is 19.6 Å². The van der Waals surface area contributed by atoms with Crippen LogP contribution in [-0.4, -0.2) is 34.1 Å². The molecule has 0 radical (unpaired) electrons. The highest BCUT2D eigenvalue weighted by Crippen LogP contribution is 2.25. The van der Waals surface area contributed by atoms with E-state index in [9.17, 15) is 19.5 Å². The van der Waals surface area contributed by atoms with Crippen LogP contribution >= 0.6 is 0 Å². The number of esters is 2. The molecule has 0 atom stereocenters. The highest BCUT2D eigenvalue weighted by molar-refractivity contribution is 5.89. The Kier molecular flexibility index (Phi) is 5.76. The van der Waals surface area contributed by atoms with Crippen molar-refractivity contribution in [1.82, 2.24) is 9.97 Å². The fourth-order valence-electron chi connectivity index (χ4n) is 2.26. The van der Waals surface area contributed by atoms with Crippen molar-refractivity contribution in [2.45, 2.75) is 32.3 Å². The Morgan fingerprint density at radius 2 is 1.88 bits per heavy atom. The molecule has 8 heteroatoms. The zero-order valence-corrected chi connectivity index (χ0v) is 14.7. The lowest BCUT2D eigenvalue weighted by atomic mass is 9.88. The van der Waals surface area contributed by atoms with Crippen LogP contribution < -0.4 is 5.56 Å². The van der Waals surface area contributed by atoms with Crippen LogP contribution in [0, 0.1) is 0 Å². The molecule has 1 aromatic heterocycles. The average Bonchev–Trinajstić information content (AvgIpc) is 2.62. The molecule has 2 aromatic rings. The molecule has 0 saturated carbocycles. The first-order chi connectivity index (χ1) is 12.2. The minimum Gasteiger partial charge on any atom is -0.501 e. The molecule has 0 amide bonds. The summed E-state index contributed by atoms with van der Waals surface area (Å²) in [4.78, 5) is 42.0. The van der Waals surface area contributed by atoms with E-state index in [0.29, 0.717) is 0 Å². The van der Waals surface area contributed by atoms with Gasteiger partial charge in [-0.05, 0) is 5.56 Å². The van der Waals surface area contributed by atoms with Gasteiger partial charge in [-0.15, -0.1) is 0 Å². The first-order valence-electron chi connectivity index (χ1n) is 7.86.